The van der Waals surface area contributed by atoms with Crippen molar-refractivity contribution >= 4 is 17.9 Å². The molecule has 0 N–H and O–H groups in total. The van der Waals surface area contributed by atoms with E-state index in [4.69, 9.17) is 18.9 Å². The van der Waals surface area contributed by atoms with Crippen LogP contribution in [-0.2, 0) is 33.3 Å². The fourth-order valence-corrected chi connectivity index (χ4v) is 14.1. The fourth-order valence-electron chi connectivity index (χ4n) is 14.1. The van der Waals surface area contributed by atoms with Gasteiger partial charge in [0.25, 0.3) is 0 Å². The van der Waals surface area contributed by atoms with Crippen molar-refractivity contribution in [2.45, 2.75) is 489 Å². The minimum absolute atomic E-state index is 0.151. The summed E-state index contributed by atoms with van der Waals surface area (Å²) in [5, 5.41) is 11.9. The second kappa shape index (κ2) is 84.9. The summed E-state index contributed by atoms with van der Waals surface area (Å²) in [7, 11) is 5.96. The molecule has 0 saturated carbocycles. The average Bonchev–Trinajstić information content (AvgIpc) is 1.01. The zero-order valence-electron chi connectivity index (χ0n) is 69.7. The molecule has 9 heteroatoms. The number of unbranched alkanes of at least 4 members (excludes halogenated alkanes) is 64. The molecule has 0 fully saturated rings. The van der Waals surface area contributed by atoms with Crippen LogP contribution in [0.2, 0.25) is 0 Å². The third-order valence-corrected chi connectivity index (χ3v) is 21.0. The molecule has 0 aliphatic carbocycles. The highest BCUT2D eigenvalue weighted by molar-refractivity contribution is 5.70. The number of carboxylic acids is 1. The number of aliphatic carboxylic acids is 1. The van der Waals surface area contributed by atoms with E-state index in [-0.39, 0.29) is 32.2 Å². The van der Waals surface area contributed by atoms with Crippen molar-refractivity contribution in [1.82, 2.24) is 0 Å². The number of nitrogens with zero attached hydrogens (tertiary/aromatic N) is 1. The molecule has 0 aliphatic rings. The monoisotopic (exact) mass is 1450 g/mol. The summed E-state index contributed by atoms with van der Waals surface area (Å²) >= 11 is 0. The Bertz CT molecular complexity index is 1840. The minimum atomic E-state index is -1.62. The number of esters is 2. The molecule has 103 heavy (non-hydrogen) atoms. The lowest BCUT2D eigenvalue weighted by Gasteiger charge is -2.26. The number of hydrogen-bond donors (Lipinski definition) is 0. The molecule has 0 heterocycles. The summed E-state index contributed by atoms with van der Waals surface area (Å²) in [5.74, 6) is -2.24. The smallest absolute Gasteiger partial charge is 0.306 e. The van der Waals surface area contributed by atoms with Gasteiger partial charge in [-0.05, 0) is 77.0 Å². The van der Waals surface area contributed by atoms with Gasteiger partial charge in [0.1, 0.15) is 13.2 Å². The zero-order chi connectivity index (χ0) is 74.6. The summed E-state index contributed by atoms with van der Waals surface area (Å²) in [6, 6.07) is 0. The van der Waals surface area contributed by atoms with E-state index in [2.05, 4.69) is 62.5 Å². The molecule has 2 unspecified atom stereocenters. The number of likely N-dealkylation sites (N-methyl/N-ethyl adjacent to an activating group) is 1. The van der Waals surface area contributed by atoms with Crippen LogP contribution in [0.1, 0.15) is 476 Å². The summed E-state index contributed by atoms with van der Waals surface area (Å²) < 4.78 is 22.9. The number of allylic oxidation sites excluding steroid dienone is 8. The molecule has 2 atom stereocenters. The summed E-state index contributed by atoms with van der Waals surface area (Å²) in [6.07, 6.45) is 110. The lowest BCUT2D eigenvalue weighted by atomic mass is 10.0. The highest BCUT2D eigenvalue weighted by Crippen LogP contribution is 2.21. The van der Waals surface area contributed by atoms with Gasteiger partial charge in [-0.3, -0.25) is 9.59 Å². The van der Waals surface area contributed by atoms with Crippen molar-refractivity contribution in [3.8, 4) is 0 Å². The first-order chi connectivity index (χ1) is 50.6. The lowest BCUT2D eigenvalue weighted by molar-refractivity contribution is -0.870. The Morgan fingerprint density at radius 1 is 0.291 bits per heavy atom. The highest BCUT2D eigenvalue weighted by Gasteiger charge is 2.22. The zero-order valence-corrected chi connectivity index (χ0v) is 69.7. The quantitative estimate of drug-likeness (QED) is 0.0195. The summed E-state index contributed by atoms with van der Waals surface area (Å²) in [6.45, 7) is 4.82. The Morgan fingerprint density at radius 2 is 0.524 bits per heavy atom. The van der Waals surface area contributed by atoms with E-state index >= 15 is 0 Å². The van der Waals surface area contributed by atoms with Crippen LogP contribution in [0, 0.1) is 0 Å². The predicted molar refractivity (Wildman–Crippen MR) is 445 cm³/mol. The number of rotatable bonds is 87. The SMILES string of the molecule is CCCCCCC/C=C\C/C=C\C/C=C\CCCCCCCCCCCCCCCCCCCCCCCCCCCCC(=O)OC(COC(=O)CCCCCCCCCCCCCCCCCCCCCCCCCCC/C=C\CCCCCCCCCC)COC(OCC[N+](C)(C)C)C(=O)[O-]. The van der Waals surface area contributed by atoms with Crippen LogP contribution in [-0.4, -0.2) is 82.3 Å². The maximum Gasteiger partial charge on any atom is 0.306 e. The van der Waals surface area contributed by atoms with Gasteiger partial charge in [0, 0.05) is 12.8 Å². The Hall–Kier alpha value is -2.75. The van der Waals surface area contributed by atoms with Crippen molar-refractivity contribution in [3.63, 3.8) is 0 Å². The maximum atomic E-state index is 13.0. The van der Waals surface area contributed by atoms with Gasteiger partial charge in [0.2, 0.25) is 0 Å². The Morgan fingerprint density at radius 3 is 0.786 bits per heavy atom. The van der Waals surface area contributed by atoms with Crippen molar-refractivity contribution in [1.29, 1.82) is 0 Å². The normalized spacial score (nSPS) is 12.7. The van der Waals surface area contributed by atoms with Gasteiger partial charge in [-0.15, -0.1) is 0 Å². The molecule has 0 aromatic heterocycles. The van der Waals surface area contributed by atoms with Gasteiger partial charge in [0.05, 0.1) is 40.3 Å². The fraction of sp³-hybridized carbons (Fsp3) is 0.883. The van der Waals surface area contributed by atoms with Crippen molar-refractivity contribution in [3.05, 3.63) is 48.6 Å². The van der Waals surface area contributed by atoms with Crippen molar-refractivity contribution < 1.29 is 42.9 Å². The number of quaternary nitrogens is 1. The molecule has 0 rings (SSSR count). The van der Waals surface area contributed by atoms with Crippen LogP contribution in [0.15, 0.2) is 48.6 Å². The maximum absolute atomic E-state index is 13.0. The molecule has 0 saturated heterocycles. The molecule has 0 bridgehead atoms. The van der Waals surface area contributed by atoms with E-state index < -0.39 is 24.3 Å². The average molecular weight is 1450 g/mol. The number of hydrogen-bond acceptors (Lipinski definition) is 8. The van der Waals surface area contributed by atoms with Crippen molar-refractivity contribution in [2.24, 2.45) is 0 Å². The first kappa shape index (κ1) is 100. The van der Waals surface area contributed by atoms with E-state index in [0.717, 1.165) is 51.4 Å². The van der Waals surface area contributed by atoms with Gasteiger partial charge in [0.15, 0.2) is 12.4 Å². The van der Waals surface area contributed by atoms with E-state index in [1.54, 1.807) is 0 Å². The topological polar surface area (TPSA) is 111 Å². The molecule has 0 aliphatic heterocycles. The summed E-state index contributed by atoms with van der Waals surface area (Å²) in [5.41, 5.74) is 0. The minimum Gasteiger partial charge on any atom is -0.545 e. The molecule has 0 radical (unpaired) electrons. The largest absolute Gasteiger partial charge is 0.545 e. The van der Waals surface area contributed by atoms with Crippen molar-refractivity contribution in [2.75, 3.05) is 47.5 Å². The standard InChI is InChI=1S/C94H177NO8/c1-6-8-10-12-14-16-18-20-22-24-26-28-30-32-34-36-38-40-42-44-45-46-47-49-51-53-55-57-59-61-63-65-67-69-71-73-75-77-79-81-83-85-92(97)103-90(89-102-94(93(98)99)100-87-86-95(3,4)5)88-101-91(96)84-82-80-78-76-74-72-70-68-66-64-62-60-58-56-54-52-50-48-43-41-39-37-35-33-31-29-27-25-23-21-19-17-15-13-11-9-7-2/h18,20,24-27,30,32,90,94H,6-17,19,21-23,28-29,31,33-89H2,1-5H3/b20-18-,26-24-,27-25-,32-30-. The van der Waals surface area contributed by atoms with Crippen LogP contribution >= 0.6 is 0 Å². The van der Waals surface area contributed by atoms with Gasteiger partial charge in [-0.2, -0.15) is 0 Å². The molecule has 0 aromatic carbocycles. The number of ether oxygens (including phenoxy) is 4. The van der Waals surface area contributed by atoms with Gasteiger partial charge in [-0.25, -0.2) is 0 Å². The Kier molecular flexibility index (Phi) is 82.6. The third-order valence-electron chi connectivity index (χ3n) is 21.0. The molecule has 0 amide bonds. The third kappa shape index (κ3) is 86.4. The van der Waals surface area contributed by atoms with Crippen LogP contribution in [0.4, 0.5) is 0 Å². The molecular weight excluding hydrogens is 1270 g/mol. The van der Waals surface area contributed by atoms with E-state index in [1.807, 2.05) is 21.1 Å². The number of carbonyl (C=O) groups excluding carboxylic acids is 3. The van der Waals surface area contributed by atoms with Crippen LogP contribution in [0.5, 0.6) is 0 Å². The number of carbonyl (C=O) groups is 3. The van der Waals surface area contributed by atoms with Crippen LogP contribution in [0.25, 0.3) is 0 Å². The van der Waals surface area contributed by atoms with E-state index in [9.17, 15) is 19.5 Å². The van der Waals surface area contributed by atoms with Crippen LogP contribution in [0.3, 0.4) is 0 Å². The molecule has 0 spiro atoms. The lowest BCUT2D eigenvalue weighted by Crippen LogP contribution is -2.44. The Balaban J connectivity index is 3.89. The highest BCUT2D eigenvalue weighted by atomic mass is 16.7. The van der Waals surface area contributed by atoms with Gasteiger partial charge < -0.3 is 33.3 Å². The molecule has 0 aromatic rings. The first-order valence-corrected chi connectivity index (χ1v) is 45.8. The Labute approximate surface area is 642 Å². The van der Waals surface area contributed by atoms with Gasteiger partial charge in [-0.1, -0.05) is 435 Å². The van der Waals surface area contributed by atoms with E-state index in [1.165, 1.54) is 398 Å². The predicted octanol–water partition coefficient (Wildman–Crippen LogP) is 28.6. The van der Waals surface area contributed by atoms with Crippen LogP contribution < -0.4 is 5.11 Å². The second-order valence-corrected chi connectivity index (χ2v) is 32.6. The molecule has 9 nitrogen and oxygen atoms in total. The van der Waals surface area contributed by atoms with Gasteiger partial charge >= 0.3 is 11.9 Å². The first-order valence-electron chi connectivity index (χ1n) is 45.8. The molecular formula is C94H177NO8. The molecule has 606 valence electrons. The van der Waals surface area contributed by atoms with E-state index in [0.29, 0.717) is 17.4 Å². The second-order valence-electron chi connectivity index (χ2n) is 32.6. The number of carboxylic acid groups (broad SMARTS) is 1. The summed E-state index contributed by atoms with van der Waals surface area (Å²) in [4.78, 5) is 37.7.